The van der Waals surface area contributed by atoms with Crippen LogP contribution in [0.25, 0.3) is 0 Å². The molecule has 0 bridgehead atoms. The lowest BCUT2D eigenvalue weighted by atomic mass is 10.4. The van der Waals surface area contributed by atoms with Gasteiger partial charge in [-0.3, -0.25) is 14.8 Å². The van der Waals surface area contributed by atoms with Crippen LogP contribution in [0.3, 0.4) is 0 Å². The maximum atomic E-state index is 11.5. The van der Waals surface area contributed by atoms with Crippen LogP contribution in [-0.4, -0.2) is 19.5 Å². The van der Waals surface area contributed by atoms with E-state index in [0.29, 0.717) is 12.2 Å². The largest absolute Gasteiger partial charge is 0.305 e. The molecular formula is C9H7ClN4O. The molecule has 0 saturated carbocycles. The molecule has 0 aromatic carbocycles. The van der Waals surface area contributed by atoms with E-state index >= 15 is 0 Å². The second kappa shape index (κ2) is 4.18. The molecule has 2 aromatic heterocycles. The van der Waals surface area contributed by atoms with Crippen molar-refractivity contribution in [3.63, 3.8) is 0 Å². The molecule has 0 amide bonds. The monoisotopic (exact) mass is 222 g/mol. The summed E-state index contributed by atoms with van der Waals surface area (Å²) in [5, 5.41) is -0.0404. The Bertz CT molecular complexity index is 511. The molecule has 0 aliphatic rings. The summed E-state index contributed by atoms with van der Waals surface area (Å²) < 4.78 is 1.43. The second-order valence-electron chi connectivity index (χ2n) is 2.85. The van der Waals surface area contributed by atoms with Crippen molar-refractivity contribution in [3.8, 4) is 0 Å². The first-order chi connectivity index (χ1) is 7.27. The van der Waals surface area contributed by atoms with Crippen LogP contribution in [0.2, 0.25) is 5.15 Å². The van der Waals surface area contributed by atoms with Gasteiger partial charge in [-0.1, -0.05) is 11.6 Å². The molecule has 0 saturated heterocycles. The van der Waals surface area contributed by atoms with Crippen molar-refractivity contribution >= 4 is 11.6 Å². The summed E-state index contributed by atoms with van der Waals surface area (Å²) in [5.41, 5.74) is 0.367. The van der Waals surface area contributed by atoms with Gasteiger partial charge in [-0.25, -0.2) is 4.98 Å². The lowest BCUT2D eigenvalue weighted by Crippen LogP contribution is -2.21. The fraction of sp³-hybridized carbons (Fsp3) is 0.111. The zero-order valence-corrected chi connectivity index (χ0v) is 8.42. The Labute approximate surface area is 90.4 Å². The summed E-state index contributed by atoms with van der Waals surface area (Å²) in [4.78, 5) is 23.1. The predicted octanol–water partition coefficient (Wildman–Crippen LogP) is 0.735. The van der Waals surface area contributed by atoms with E-state index in [1.807, 2.05) is 0 Å². The Morgan fingerprint density at radius 1 is 1.27 bits per heavy atom. The topological polar surface area (TPSA) is 60.7 Å². The van der Waals surface area contributed by atoms with Gasteiger partial charge in [0.05, 0.1) is 18.4 Å². The van der Waals surface area contributed by atoms with Crippen molar-refractivity contribution in [2.75, 3.05) is 0 Å². The second-order valence-corrected chi connectivity index (χ2v) is 3.21. The van der Waals surface area contributed by atoms with Gasteiger partial charge in [0.15, 0.2) is 5.15 Å². The van der Waals surface area contributed by atoms with Crippen LogP contribution >= 0.6 is 11.6 Å². The molecule has 2 rings (SSSR count). The smallest absolute Gasteiger partial charge is 0.288 e. The maximum absolute atomic E-state index is 11.5. The summed E-state index contributed by atoms with van der Waals surface area (Å²) in [6.07, 6.45) is 7.78. The number of hydrogen-bond donors (Lipinski definition) is 0. The molecule has 0 atom stereocenters. The standard InChI is InChI=1S/C9H7ClN4O/c10-8-9(15)14(4-3-13-8)6-7-5-11-1-2-12-7/h1-5H,6H2. The van der Waals surface area contributed by atoms with Gasteiger partial charge < -0.3 is 4.57 Å². The quantitative estimate of drug-likeness (QED) is 0.752. The van der Waals surface area contributed by atoms with Crippen molar-refractivity contribution in [3.05, 3.63) is 52.2 Å². The average Bonchev–Trinajstić information content (AvgIpc) is 2.26. The summed E-state index contributed by atoms with van der Waals surface area (Å²) in [7, 11) is 0. The van der Waals surface area contributed by atoms with Gasteiger partial charge in [0, 0.05) is 24.8 Å². The Kier molecular flexibility index (Phi) is 2.73. The van der Waals surface area contributed by atoms with Gasteiger partial charge in [-0.05, 0) is 0 Å². The van der Waals surface area contributed by atoms with E-state index in [2.05, 4.69) is 15.0 Å². The maximum Gasteiger partial charge on any atom is 0.288 e. The third kappa shape index (κ3) is 2.19. The first-order valence-corrected chi connectivity index (χ1v) is 4.61. The molecule has 2 heterocycles. The van der Waals surface area contributed by atoms with E-state index < -0.39 is 0 Å². The van der Waals surface area contributed by atoms with Gasteiger partial charge in [0.2, 0.25) is 0 Å². The van der Waals surface area contributed by atoms with Crippen LogP contribution in [-0.2, 0) is 6.54 Å². The average molecular weight is 223 g/mol. The Morgan fingerprint density at radius 3 is 2.87 bits per heavy atom. The first-order valence-electron chi connectivity index (χ1n) is 4.23. The van der Waals surface area contributed by atoms with Crippen molar-refractivity contribution in [2.45, 2.75) is 6.54 Å². The molecule has 0 aliphatic heterocycles. The van der Waals surface area contributed by atoms with Crippen molar-refractivity contribution in [2.24, 2.45) is 0 Å². The Morgan fingerprint density at radius 2 is 2.13 bits per heavy atom. The van der Waals surface area contributed by atoms with Gasteiger partial charge in [0.1, 0.15) is 0 Å². The van der Waals surface area contributed by atoms with Crippen LogP contribution < -0.4 is 5.56 Å². The normalized spacial score (nSPS) is 10.2. The third-order valence-corrected chi connectivity index (χ3v) is 2.08. The Hall–Kier alpha value is -1.75. The molecule has 0 radical (unpaired) electrons. The summed E-state index contributed by atoms with van der Waals surface area (Å²) in [6.45, 7) is 0.342. The zero-order valence-electron chi connectivity index (χ0n) is 7.67. The first kappa shape index (κ1) is 9.79. The number of aromatic nitrogens is 4. The van der Waals surface area contributed by atoms with E-state index in [-0.39, 0.29) is 10.7 Å². The zero-order chi connectivity index (χ0) is 10.7. The molecular weight excluding hydrogens is 216 g/mol. The number of halogens is 1. The summed E-state index contributed by atoms with van der Waals surface area (Å²) in [5.74, 6) is 0. The highest BCUT2D eigenvalue weighted by molar-refractivity contribution is 6.29. The van der Waals surface area contributed by atoms with Crippen LogP contribution in [0.15, 0.2) is 35.8 Å². The lowest BCUT2D eigenvalue weighted by Gasteiger charge is -2.03. The fourth-order valence-electron chi connectivity index (χ4n) is 1.13. The molecule has 0 unspecified atom stereocenters. The van der Waals surface area contributed by atoms with Gasteiger partial charge >= 0.3 is 0 Å². The molecule has 5 nitrogen and oxygen atoms in total. The van der Waals surface area contributed by atoms with Crippen molar-refractivity contribution in [1.29, 1.82) is 0 Å². The SMILES string of the molecule is O=c1c(Cl)nccn1Cc1cnccn1. The third-order valence-electron chi connectivity index (χ3n) is 1.82. The molecule has 0 N–H and O–H groups in total. The minimum atomic E-state index is -0.329. The highest BCUT2D eigenvalue weighted by Crippen LogP contribution is 1.97. The fourth-order valence-corrected chi connectivity index (χ4v) is 1.30. The molecule has 0 fully saturated rings. The van der Waals surface area contributed by atoms with Gasteiger partial charge in [-0.15, -0.1) is 0 Å². The number of nitrogens with zero attached hydrogens (tertiary/aromatic N) is 4. The van der Waals surface area contributed by atoms with Gasteiger partial charge in [0.25, 0.3) is 5.56 Å². The van der Waals surface area contributed by atoms with Crippen LogP contribution in [0, 0.1) is 0 Å². The van der Waals surface area contributed by atoms with E-state index in [0.717, 1.165) is 0 Å². The van der Waals surface area contributed by atoms with Crippen molar-refractivity contribution in [1.82, 2.24) is 19.5 Å². The van der Waals surface area contributed by atoms with Crippen LogP contribution in [0.5, 0.6) is 0 Å². The van der Waals surface area contributed by atoms with Crippen molar-refractivity contribution < 1.29 is 0 Å². The van der Waals surface area contributed by atoms with E-state index in [4.69, 9.17) is 11.6 Å². The molecule has 2 aromatic rings. The molecule has 0 aliphatic carbocycles. The van der Waals surface area contributed by atoms with E-state index in [1.165, 1.54) is 10.8 Å². The predicted molar refractivity (Wildman–Crippen MR) is 54.6 cm³/mol. The molecule has 15 heavy (non-hydrogen) atoms. The highest BCUT2D eigenvalue weighted by Gasteiger charge is 2.02. The van der Waals surface area contributed by atoms with E-state index in [9.17, 15) is 4.79 Å². The minimum absolute atomic E-state index is 0.0404. The molecule has 76 valence electrons. The molecule has 0 spiro atoms. The number of rotatable bonds is 2. The molecule has 6 heteroatoms. The number of hydrogen-bond acceptors (Lipinski definition) is 4. The van der Waals surface area contributed by atoms with Gasteiger partial charge in [-0.2, -0.15) is 0 Å². The lowest BCUT2D eigenvalue weighted by molar-refractivity contribution is 0.725. The minimum Gasteiger partial charge on any atom is -0.305 e. The van der Waals surface area contributed by atoms with E-state index in [1.54, 1.807) is 24.8 Å². The van der Waals surface area contributed by atoms with Crippen LogP contribution in [0.4, 0.5) is 0 Å². The Balaban J connectivity index is 2.33. The summed E-state index contributed by atoms with van der Waals surface area (Å²) in [6, 6.07) is 0. The van der Waals surface area contributed by atoms with Crippen LogP contribution in [0.1, 0.15) is 5.69 Å². The summed E-state index contributed by atoms with van der Waals surface area (Å²) >= 11 is 5.60. The highest BCUT2D eigenvalue weighted by atomic mass is 35.5.